The molecule has 3 atom stereocenters. The average Bonchev–Trinajstić information content (AvgIpc) is 2.45. The van der Waals surface area contributed by atoms with E-state index in [1.165, 1.54) is 17.6 Å². The molecule has 0 aromatic carbocycles. The second-order valence-electron chi connectivity index (χ2n) is 7.70. The van der Waals surface area contributed by atoms with Crippen LogP contribution in [0.4, 0.5) is 0 Å². The first kappa shape index (κ1) is 20.2. The van der Waals surface area contributed by atoms with Gasteiger partial charge in [-0.3, -0.25) is 0 Å². The number of rotatable bonds is 2. The Morgan fingerprint density at radius 1 is 1.22 bits per heavy atom. The number of hydrogen-bond acceptors (Lipinski definition) is 2. The summed E-state index contributed by atoms with van der Waals surface area (Å²) in [5, 5.41) is 10.4. The highest BCUT2D eigenvalue weighted by molar-refractivity contribution is 5.11. The molecule has 2 heteroatoms. The smallest absolute Gasteiger partial charge is 0.0858 e. The molecule has 1 aliphatic rings. The van der Waals surface area contributed by atoms with Gasteiger partial charge in [0.15, 0.2) is 0 Å². The number of ether oxygens (including phenoxy) is 1. The number of hydrogen-bond donors (Lipinski definition) is 1. The van der Waals surface area contributed by atoms with Gasteiger partial charge in [0.2, 0.25) is 0 Å². The Balaban J connectivity index is 3.04. The van der Waals surface area contributed by atoms with Crippen LogP contribution in [0.3, 0.4) is 0 Å². The van der Waals surface area contributed by atoms with Crippen molar-refractivity contribution in [3.63, 3.8) is 0 Å². The maximum absolute atomic E-state index is 10.4. The molecule has 0 spiro atoms. The lowest BCUT2D eigenvalue weighted by Gasteiger charge is -2.28. The van der Waals surface area contributed by atoms with Crippen LogP contribution in [0.5, 0.6) is 0 Å². The Morgan fingerprint density at radius 3 is 2.52 bits per heavy atom. The zero-order valence-corrected chi connectivity index (χ0v) is 15.9. The molecule has 0 aromatic heterocycles. The fourth-order valence-electron chi connectivity index (χ4n) is 3.13. The van der Waals surface area contributed by atoms with Crippen LogP contribution in [-0.2, 0) is 4.74 Å². The molecule has 0 amide bonds. The van der Waals surface area contributed by atoms with Crippen LogP contribution in [-0.4, -0.2) is 23.9 Å². The Morgan fingerprint density at radius 2 is 1.91 bits per heavy atom. The predicted molar refractivity (Wildman–Crippen MR) is 99.5 cm³/mol. The number of aliphatic hydroxyl groups excluding tert-OH is 1. The second-order valence-corrected chi connectivity index (χ2v) is 7.70. The average molecular weight is 321 g/mol. The lowest BCUT2D eigenvalue weighted by Crippen LogP contribution is -2.30. The highest BCUT2D eigenvalue weighted by atomic mass is 16.5. The van der Waals surface area contributed by atoms with Crippen molar-refractivity contribution in [2.45, 2.75) is 78.4 Å². The number of allylic oxidation sites excluding steroid dienone is 4. The van der Waals surface area contributed by atoms with E-state index >= 15 is 0 Å². The number of aliphatic hydroxyl groups is 1. The molecule has 0 heterocycles. The standard InChI is InChI=1S/C21H36O2/c1-16(2)19-11-10-17(3)8-7-9-18(4)14-20(22)15-21(5,23-6)13-12-19/h8,12-14,16,19-20,22H,7,9-11,15H2,1-6H3/b13-12+,17-8+,18-14+/t19-,20+,21+/m1/s1. The zero-order chi connectivity index (χ0) is 17.5. The van der Waals surface area contributed by atoms with Crippen LogP contribution in [0.25, 0.3) is 0 Å². The van der Waals surface area contributed by atoms with Gasteiger partial charge >= 0.3 is 0 Å². The summed E-state index contributed by atoms with van der Waals surface area (Å²) >= 11 is 0. The van der Waals surface area contributed by atoms with Gasteiger partial charge in [0.25, 0.3) is 0 Å². The molecule has 2 nitrogen and oxygen atoms in total. The minimum Gasteiger partial charge on any atom is -0.389 e. The Hall–Kier alpha value is -0.860. The van der Waals surface area contributed by atoms with Crippen molar-refractivity contribution in [3.8, 4) is 0 Å². The third kappa shape index (κ3) is 7.50. The van der Waals surface area contributed by atoms with E-state index in [4.69, 9.17) is 4.74 Å². The normalized spacial score (nSPS) is 37.4. The fourth-order valence-corrected chi connectivity index (χ4v) is 3.13. The van der Waals surface area contributed by atoms with Crippen molar-refractivity contribution in [3.05, 3.63) is 35.5 Å². The molecular formula is C21H36O2. The van der Waals surface area contributed by atoms with Gasteiger partial charge in [-0.15, -0.1) is 0 Å². The maximum Gasteiger partial charge on any atom is 0.0858 e. The van der Waals surface area contributed by atoms with E-state index in [1.807, 2.05) is 6.08 Å². The minimum absolute atomic E-state index is 0.418. The monoisotopic (exact) mass is 320 g/mol. The summed E-state index contributed by atoms with van der Waals surface area (Å²) < 4.78 is 5.71. The van der Waals surface area contributed by atoms with Crippen molar-refractivity contribution < 1.29 is 9.84 Å². The summed E-state index contributed by atoms with van der Waals surface area (Å²) in [4.78, 5) is 0. The van der Waals surface area contributed by atoms with Gasteiger partial charge in [-0.2, -0.15) is 0 Å². The molecule has 0 saturated heterocycles. The van der Waals surface area contributed by atoms with E-state index in [2.05, 4.69) is 52.8 Å². The van der Waals surface area contributed by atoms with Crippen LogP contribution < -0.4 is 0 Å². The van der Waals surface area contributed by atoms with Crippen molar-refractivity contribution >= 4 is 0 Å². The van der Waals surface area contributed by atoms with Gasteiger partial charge in [0.1, 0.15) is 0 Å². The van der Waals surface area contributed by atoms with Gasteiger partial charge < -0.3 is 9.84 Å². The molecule has 0 fully saturated rings. The molecule has 0 unspecified atom stereocenters. The van der Waals surface area contributed by atoms with Gasteiger partial charge in [0, 0.05) is 13.5 Å². The summed E-state index contributed by atoms with van der Waals surface area (Å²) in [5.74, 6) is 1.16. The Bertz CT molecular complexity index is 445. The third-order valence-electron chi connectivity index (χ3n) is 5.01. The van der Waals surface area contributed by atoms with Gasteiger partial charge in [-0.1, -0.05) is 49.3 Å². The highest BCUT2D eigenvalue weighted by Crippen LogP contribution is 2.26. The van der Waals surface area contributed by atoms with Crippen LogP contribution in [0.1, 0.15) is 66.7 Å². The molecule has 1 N–H and O–H groups in total. The molecule has 0 aromatic rings. The largest absolute Gasteiger partial charge is 0.389 e. The lowest BCUT2D eigenvalue weighted by molar-refractivity contribution is 0.0126. The quantitative estimate of drug-likeness (QED) is 0.687. The maximum atomic E-state index is 10.4. The minimum atomic E-state index is -0.463. The first-order chi connectivity index (χ1) is 10.8. The van der Waals surface area contributed by atoms with Crippen molar-refractivity contribution in [1.82, 2.24) is 0 Å². The van der Waals surface area contributed by atoms with Crippen LogP contribution in [0, 0.1) is 11.8 Å². The SMILES string of the molecule is CO[C@@]1(C)/C=C/[C@H](C(C)C)CC/C(C)=C/CC/C(C)=C/[C@H](O)C1. The van der Waals surface area contributed by atoms with Crippen LogP contribution in [0.15, 0.2) is 35.5 Å². The van der Waals surface area contributed by atoms with Crippen LogP contribution in [0.2, 0.25) is 0 Å². The molecular weight excluding hydrogens is 284 g/mol. The summed E-state index contributed by atoms with van der Waals surface area (Å²) in [5.41, 5.74) is 2.31. The molecule has 1 rings (SSSR count). The molecule has 1 aliphatic carbocycles. The van der Waals surface area contributed by atoms with E-state index in [9.17, 15) is 5.11 Å². The molecule has 23 heavy (non-hydrogen) atoms. The third-order valence-corrected chi connectivity index (χ3v) is 5.01. The summed E-state index contributed by atoms with van der Waals surface area (Å²) in [6.45, 7) is 11.0. The van der Waals surface area contributed by atoms with E-state index < -0.39 is 11.7 Å². The molecule has 0 aliphatic heterocycles. The van der Waals surface area contributed by atoms with E-state index in [0.717, 1.165) is 19.3 Å². The van der Waals surface area contributed by atoms with Gasteiger partial charge in [-0.05, 0) is 58.3 Å². The lowest BCUT2D eigenvalue weighted by atomic mass is 9.86. The van der Waals surface area contributed by atoms with E-state index in [1.54, 1.807) is 7.11 Å². The van der Waals surface area contributed by atoms with Crippen molar-refractivity contribution in [1.29, 1.82) is 0 Å². The summed E-state index contributed by atoms with van der Waals surface area (Å²) in [6, 6.07) is 0. The number of methoxy groups -OCH3 is 1. The Kier molecular flexibility index (Phi) is 8.28. The first-order valence-electron chi connectivity index (χ1n) is 9.01. The molecule has 0 radical (unpaired) electrons. The van der Waals surface area contributed by atoms with E-state index in [-0.39, 0.29) is 0 Å². The highest BCUT2D eigenvalue weighted by Gasteiger charge is 2.24. The zero-order valence-electron chi connectivity index (χ0n) is 15.9. The molecule has 0 bridgehead atoms. The van der Waals surface area contributed by atoms with Crippen molar-refractivity contribution in [2.24, 2.45) is 11.8 Å². The first-order valence-corrected chi connectivity index (χ1v) is 9.01. The fraction of sp³-hybridized carbons (Fsp3) is 0.714. The topological polar surface area (TPSA) is 29.5 Å². The Labute approximate surface area is 143 Å². The summed E-state index contributed by atoms with van der Waals surface area (Å²) in [6.07, 6.45) is 13.3. The van der Waals surface area contributed by atoms with Crippen molar-refractivity contribution in [2.75, 3.05) is 7.11 Å². The molecule has 132 valence electrons. The van der Waals surface area contributed by atoms with Crippen LogP contribution >= 0.6 is 0 Å². The van der Waals surface area contributed by atoms with Gasteiger partial charge in [-0.25, -0.2) is 0 Å². The van der Waals surface area contributed by atoms with E-state index in [0.29, 0.717) is 18.3 Å². The second kappa shape index (κ2) is 9.44. The van der Waals surface area contributed by atoms with Gasteiger partial charge in [0.05, 0.1) is 11.7 Å². The predicted octanol–water partition coefficient (Wildman–Crippen LogP) is 5.44. The summed E-state index contributed by atoms with van der Waals surface area (Å²) in [7, 11) is 1.73. The molecule has 0 saturated carbocycles.